The Balaban J connectivity index is 2.14. The number of nitrogens with one attached hydrogen (secondary N) is 1. The average molecular weight is 279 g/mol. The molecule has 2 aromatic rings. The lowest BCUT2D eigenvalue weighted by atomic mass is 10.1. The molecular formula is C13H17N3S2. The molecule has 0 saturated heterocycles. The lowest BCUT2D eigenvalue weighted by Crippen LogP contribution is -2.20. The molecule has 3 nitrogen and oxygen atoms in total. The van der Waals surface area contributed by atoms with Crippen molar-refractivity contribution >= 4 is 23.1 Å². The Morgan fingerprint density at radius 2 is 2.28 bits per heavy atom. The number of hydrogen-bond acceptors (Lipinski definition) is 5. The quantitative estimate of drug-likeness (QED) is 0.874. The molecule has 0 radical (unpaired) electrons. The molecule has 1 N–H and O–H groups in total. The summed E-state index contributed by atoms with van der Waals surface area (Å²) in [5, 5.41) is 6.53. The zero-order chi connectivity index (χ0) is 12.8. The summed E-state index contributed by atoms with van der Waals surface area (Å²) in [6.07, 6.45) is 4.81. The van der Waals surface area contributed by atoms with Gasteiger partial charge in [0.15, 0.2) is 4.34 Å². The highest BCUT2D eigenvalue weighted by Crippen LogP contribution is 2.32. The Hall–Kier alpha value is -0.910. The van der Waals surface area contributed by atoms with E-state index < -0.39 is 0 Å². The van der Waals surface area contributed by atoms with E-state index in [1.54, 1.807) is 23.1 Å². The summed E-state index contributed by atoms with van der Waals surface area (Å²) in [6, 6.07) is 4.45. The van der Waals surface area contributed by atoms with Gasteiger partial charge in [0.2, 0.25) is 0 Å². The van der Waals surface area contributed by atoms with Crippen LogP contribution in [0.15, 0.2) is 39.3 Å². The van der Waals surface area contributed by atoms with Gasteiger partial charge in [-0.2, -0.15) is 0 Å². The minimum Gasteiger partial charge on any atom is -0.310 e. The summed E-state index contributed by atoms with van der Waals surface area (Å²) in [5.74, 6) is 0. The maximum Gasteiger partial charge on any atom is 0.156 e. The second-order valence-corrected chi connectivity index (χ2v) is 6.10. The molecule has 96 valence electrons. The Bertz CT molecular complexity index is 471. The van der Waals surface area contributed by atoms with Crippen molar-refractivity contribution in [2.24, 2.45) is 0 Å². The summed E-state index contributed by atoms with van der Waals surface area (Å²) < 4.78 is 1.04. The van der Waals surface area contributed by atoms with E-state index >= 15 is 0 Å². The maximum atomic E-state index is 4.47. The molecule has 0 fully saturated rings. The molecule has 0 amide bonds. The Morgan fingerprint density at radius 3 is 3.00 bits per heavy atom. The minimum absolute atomic E-state index is 0.320. The molecule has 0 saturated carbocycles. The van der Waals surface area contributed by atoms with Gasteiger partial charge in [-0.1, -0.05) is 13.0 Å². The van der Waals surface area contributed by atoms with Crippen LogP contribution < -0.4 is 5.32 Å². The SMILES string of the molecule is CCCNC(C)c1cccnc1Sc1nccs1. The molecule has 2 rings (SSSR count). The molecule has 0 aromatic carbocycles. The molecule has 18 heavy (non-hydrogen) atoms. The van der Waals surface area contributed by atoms with Crippen molar-refractivity contribution in [3.8, 4) is 0 Å². The zero-order valence-corrected chi connectivity index (χ0v) is 12.2. The lowest BCUT2D eigenvalue weighted by molar-refractivity contribution is 0.560. The van der Waals surface area contributed by atoms with Crippen molar-refractivity contribution in [2.45, 2.75) is 35.7 Å². The van der Waals surface area contributed by atoms with Crippen LogP contribution >= 0.6 is 23.1 Å². The first-order valence-corrected chi connectivity index (χ1v) is 7.76. The molecule has 0 aliphatic rings. The van der Waals surface area contributed by atoms with Crippen LogP contribution in [0.5, 0.6) is 0 Å². The third-order valence-corrected chi connectivity index (χ3v) is 4.48. The molecular weight excluding hydrogens is 262 g/mol. The molecule has 0 aliphatic carbocycles. The third-order valence-electron chi connectivity index (χ3n) is 2.56. The first-order chi connectivity index (χ1) is 8.81. The van der Waals surface area contributed by atoms with Crippen LogP contribution in [-0.2, 0) is 0 Å². The van der Waals surface area contributed by atoms with E-state index in [0.717, 1.165) is 22.3 Å². The zero-order valence-electron chi connectivity index (χ0n) is 10.6. The highest BCUT2D eigenvalue weighted by atomic mass is 32.2. The first-order valence-electron chi connectivity index (χ1n) is 6.07. The molecule has 2 aromatic heterocycles. The van der Waals surface area contributed by atoms with Crippen molar-refractivity contribution in [3.63, 3.8) is 0 Å². The van der Waals surface area contributed by atoms with E-state index in [9.17, 15) is 0 Å². The summed E-state index contributed by atoms with van der Waals surface area (Å²) >= 11 is 3.29. The fourth-order valence-corrected chi connectivity index (χ4v) is 3.34. The van der Waals surface area contributed by atoms with Gasteiger partial charge in [-0.25, -0.2) is 9.97 Å². The fraction of sp³-hybridized carbons (Fsp3) is 0.385. The number of pyridine rings is 1. The van der Waals surface area contributed by atoms with Gasteiger partial charge in [0.05, 0.1) is 0 Å². The van der Waals surface area contributed by atoms with Crippen LogP contribution in [0.4, 0.5) is 0 Å². The smallest absolute Gasteiger partial charge is 0.156 e. The normalized spacial score (nSPS) is 12.6. The third kappa shape index (κ3) is 3.54. The summed E-state index contributed by atoms with van der Waals surface area (Å²) in [6.45, 7) is 5.38. The molecule has 5 heteroatoms. The van der Waals surface area contributed by atoms with Gasteiger partial charge in [0.25, 0.3) is 0 Å². The largest absolute Gasteiger partial charge is 0.310 e. The lowest BCUT2D eigenvalue weighted by Gasteiger charge is -2.15. The molecule has 1 atom stereocenters. The van der Waals surface area contributed by atoms with Gasteiger partial charge >= 0.3 is 0 Å². The number of thiazole rings is 1. The predicted octanol–water partition coefficient (Wildman–Crippen LogP) is 3.75. The number of nitrogens with zero attached hydrogens (tertiary/aromatic N) is 2. The van der Waals surface area contributed by atoms with Crippen molar-refractivity contribution in [1.29, 1.82) is 0 Å². The van der Waals surface area contributed by atoms with E-state index in [4.69, 9.17) is 0 Å². The van der Waals surface area contributed by atoms with Gasteiger partial charge in [-0.3, -0.25) is 0 Å². The second kappa shape index (κ2) is 6.87. The molecule has 2 heterocycles. The van der Waals surface area contributed by atoms with Crippen molar-refractivity contribution in [3.05, 3.63) is 35.5 Å². The number of aromatic nitrogens is 2. The van der Waals surface area contributed by atoms with Crippen LogP contribution in [-0.4, -0.2) is 16.5 Å². The van der Waals surface area contributed by atoms with Gasteiger partial charge in [0, 0.05) is 29.4 Å². The monoisotopic (exact) mass is 279 g/mol. The van der Waals surface area contributed by atoms with Gasteiger partial charge < -0.3 is 5.32 Å². The standard InChI is InChI=1S/C13H17N3S2/c1-3-6-14-10(2)11-5-4-7-15-12(11)18-13-16-8-9-17-13/h4-5,7-10,14H,3,6H2,1-2H3. The molecule has 1 unspecified atom stereocenters. The first kappa shape index (κ1) is 13.5. The Kier molecular flexibility index (Phi) is 5.16. The van der Waals surface area contributed by atoms with Gasteiger partial charge in [0.1, 0.15) is 5.03 Å². The summed E-state index contributed by atoms with van der Waals surface area (Å²) in [4.78, 5) is 8.77. The minimum atomic E-state index is 0.320. The van der Waals surface area contributed by atoms with E-state index in [1.165, 1.54) is 5.56 Å². The Labute approximate surface area is 116 Å². The van der Waals surface area contributed by atoms with E-state index in [-0.39, 0.29) is 0 Å². The van der Waals surface area contributed by atoms with Crippen LogP contribution in [0.3, 0.4) is 0 Å². The summed E-state index contributed by atoms with van der Waals surface area (Å²) in [5.41, 5.74) is 1.24. The van der Waals surface area contributed by atoms with Crippen LogP contribution in [0.2, 0.25) is 0 Å². The second-order valence-electron chi connectivity index (χ2n) is 3.97. The Morgan fingerprint density at radius 1 is 1.39 bits per heavy atom. The van der Waals surface area contributed by atoms with Gasteiger partial charge in [-0.05, 0) is 37.7 Å². The van der Waals surface area contributed by atoms with Crippen molar-refractivity contribution < 1.29 is 0 Å². The predicted molar refractivity (Wildman–Crippen MR) is 77.2 cm³/mol. The van der Waals surface area contributed by atoms with Crippen LogP contribution in [0.25, 0.3) is 0 Å². The highest BCUT2D eigenvalue weighted by molar-refractivity contribution is 8.01. The van der Waals surface area contributed by atoms with Crippen molar-refractivity contribution in [2.75, 3.05) is 6.54 Å². The maximum absolute atomic E-state index is 4.47. The average Bonchev–Trinajstić information content (AvgIpc) is 2.89. The van der Waals surface area contributed by atoms with Crippen LogP contribution in [0, 0.1) is 0 Å². The number of rotatable bonds is 6. The topological polar surface area (TPSA) is 37.8 Å². The van der Waals surface area contributed by atoms with Gasteiger partial charge in [-0.15, -0.1) is 11.3 Å². The number of hydrogen-bond donors (Lipinski definition) is 1. The van der Waals surface area contributed by atoms with E-state index in [2.05, 4.69) is 35.2 Å². The highest BCUT2D eigenvalue weighted by Gasteiger charge is 2.12. The van der Waals surface area contributed by atoms with E-state index in [1.807, 2.05) is 23.8 Å². The van der Waals surface area contributed by atoms with E-state index in [0.29, 0.717) is 6.04 Å². The van der Waals surface area contributed by atoms with Crippen molar-refractivity contribution in [1.82, 2.24) is 15.3 Å². The molecule has 0 aliphatic heterocycles. The van der Waals surface area contributed by atoms with Crippen LogP contribution in [0.1, 0.15) is 31.9 Å². The molecule has 0 bridgehead atoms. The summed E-state index contributed by atoms with van der Waals surface area (Å²) in [7, 11) is 0. The molecule has 0 spiro atoms. The fourth-order valence-electron chi connectivity index (χ4n) is 1.63.